The van der Waals surface area contributed by atoms with Crippen LogP contribution < -0.4 is 0 Å². The molecule has 3 heteroatoms. The smallest absolute Gasteiger partial charge is 0.192 e. The number of benzene rings is 2. The van der Waals surface area contributed by atoms with Crippen LogP contribution in [0.5, 0.6) is 0 Å². The molecule has 3 nitrogen and oxygen atoms in total. The summed E-state index contributed by atoms with van der Waals surface area (Å²) in [5, 5.41) is 0. The summed E-state index contributed by atoms with van der Waals surface area (Å²) in [7, 11) is 1.93. The number of nitrogens with zero attached hydrogens (tertiary/aromatic N) is 1. The molecule has 1 aliphatic carbocycles. The lowest BCUT2D eigenvalue weighted by Gasteiger charge is -2.35. The van der Waals surface area contributed by atoms with Crippen molar-refractivity contribution in [3.63, 3.8) is 0 Å². The molecule has 0 saturated heterocycles. The van der Waals surface area contributed by atoms with E-state index < -0.39 is 0 Å². The highest BCUT2D eigenvalue weighted by Gasteiger charge is 2.43. The monoisotopic (exact) mass is 329 g/mol. The van der Waals surface area contributed by atoms with Gasteiger partial charge in [-0.2, -0.15) is 0 Å². The summed E-state index contributed by atoms with van der Waals surface area (Å²) in [6, 6.07) is 17.5. The van der Waals surface area contributed by atoms with Gasteiger partial charge >= 0.3 is 0 Å². The maximum absolute atomic E-state index is 13.2. The number of Topliss-reactive ketones (excluding diaryl/α,β-unsaturated/α-hetero) is 2. The summed E-state index contributed by atoms with van der Waals surface area (Å²) in [5.74, 6) is -0.282. The summed E-state index contributed by atoms with van der Waals surface area (Å²) >= 11 is 0. The Morgan fingerprint density at radius 3 is 2.20 bits per heavy atom. The van der Waals surface area contributed by atoms with Crippen molar-refractivity contribution in [2.24, 2.45) is 0 Å². The van der Waals surface area contributed by atoms with Crippen LogP contribution in [0, 0.1) is 0 Å². The van der Waals surface area contributed by atoms with Crippen LogP contribution in [0.4, 0.5) is 0 Å². The first kappa shape index (κ1) is 15.6. The van der Waals surface area contributed by atoms with E-state index in [0.717, 1.165) is 28.1 Å². The van der Waals surface area contributed by atoms with Gasteiger partial charge in [-0.3, -0.25) is 9.59 Å². The molecule has 0 amide bonds. The van der Waals surface area contributed by atoms with Gasteiger partial charge in [0.1, 0.15) is 0 Å². The molecule has 2 aliphatic rings. The van der Waals surface area contributed by atoms with Crippen molar-refractivity contribution in [2.75, 3.05) is 7.05 Å². The zero-order valence-electron chi connectivity index (χ0n) is 14.5. The van der Waals surface area contributed by atoms with Gasteiger partial charge in [0.05, 0.1) is 5.70 Å². The number of rotatable bonds is 2. The molecule has 2 aromatic rings. The fraction of sp³-hybridized carbons (Fsp3) is 0.182. The first-order chi connectivity index (χ1) is 12.0. The molecule has 0 bridgehead atoms. The molecule has 124 valence electrons. The van der Waals surface area contributed by atoms with E-state index in [2.05, 4.69) is 0 Å². The highest BCUT2D eigenvalue weighted by atomic mass is 16.1. The van der Waals surface area contributed by atoms with E-state index in [4.69, 9.17) is 0 Å². The highest BCUT2D eigenvalue weighted by molar-refractivity contribution is 6.23. The average molecular weight is 329 g/mol. The number of carbonyl (C=O) groups is 2. The molecule has 25 heavy (non-hydrogen) atoms. The third-order valence-corrected chi connectivity index (χ3v) is 5.24. The van der Waals surface area contributed by atoms with Crippen LogP contribution in [0.15, 0.2) is 71.4 Å². The van der Waals surface area contributed by atoms with E-state index in [1.807, 2.05) is 73.5 Å². The average Bonchev–Trinajstić information content (AvgIpc) is 2.92. The molecule has 2 aromatic carbocycles. The van der Waals surface area contributed by atoms with Gasteiger partial charge in [-0.15, -0.1) is 0 Å². The third kappa shape index (κ3) is 2.12. The van der Waals surface area contributed by atoms with Crippen LogP contribution in [0.3, 0.4) is 0 Å². The van der Waals surface area contributed by atoms with E-state index >= 15 is 0 Å². The van der Waals surface area contributed by atoms with E-state index in [-0.39, 0.29) is 17.5 Å². The SMILES string of the molecule is CC(=O)C1=C(C)N(C)C2=C(C(=O)c3ccccc32)[C@@H]1c1ccccc1. The summed E-state index contributed by atoms with van der Waals surface area (Å²) in [4.78, 5) is 27.7. The van der Waals surface area contributed by atoms with E-state index in [0.29, 0.717) is 11.1 Å². The van der Waals surface area contributed by atoms with Crippen molar-refractivity contribution in [3.8, 4) is 0 Å². The Morgan fingerprint density at radius 1 is 0.960 bits per heavy atom. The second kappa shape index (κ2) is 5.55. The van der Waals surface area contributed by atoms with Crippen molar-refractivity contribution in [3.05, 3.63) is 88.1 Å². The number of hydrogen-bond acceptors (Lipinski definition) is 3. The fourth-order valence-corrected chi connectivity index (χ4v) is 4.05. The van der Waals surface area contributed by atoms with Gasteiger partial charge in [-0.25, -0.2) is 0 Å². The maximum atomic E-state index is 13.2. The molecule has 0 spiro atoms. The molecule has 0 radical (unpaired) electrons. The quantitative estimate of drug-likeness (QED) is 0.829. The molecule has 0 saturated carbocycles. The Bertz CT molecular complexity index is 967. The Hall–Kier alpha value is -2.94. The van der Waals surface area contributed by atoms with Gasteiger partial charge in [0.25, 0.3) is 0 Å². The second-order valence-corrected chi connectivity index (χ2v) is 6.59. The minimum Gasteiger partial charge on any atom is -0.347 e. The molecule has 4 rings (SSSR count). The second-order valence-electron chi connectivity index (χ2n) is 6.59. The Balaban J connectivity index is 2.03. The lowest BCUT2D eigenvalue weighted by atomic mass is 9.78. The van der Waals surface area contributed by atoms with Crippen LogP contribution in [-0.2, 0) is 4.79 Å². The van der Waals surface area contributed by atoms with Crippen molar-refractivity contribution in [2.45, 2.75) is 19.8 Å². The molecule has 0 fully saturated rings. The van der Waals surface area contributed by atoms with Gasteiger partial charge in [0, 0.05) is 40.9 Å². The lowest BCUT2D eigenvalue weighted by molar-refractivity contribution is -0.113. The van der Waals surface area contributed by atoms with Crippen LogP contribution >= 0.6 is 0 Å². The summed E-state index contributed by atoms with van der Waals surface area (Å²) in [5.41, 5.74) is 5.90. The van der Waals surface area contributed by atoms with Crippen molar-refractivity contribution >= 4 is 17.3 Å². The maximum Gasteiger partial charge on any atom is 0.192 e. The van der Waals surface area contributed by atoms with Crippen LogP contribution in [-0.4, -0.2) is 23.5 Å². The topological polar surface area (TPSA) is 37.4 Å². The Labute approximate surface area is 147 Å². The number of allylic oxidation sites excluding steroid dienone is 3. The van der Waals surface area contributed by atoms with Crippen molar-refractivity contribution in [1.82, 2.24) is 4.90 Å². The van der Waals surface area contributed by atoms with Crippen LogP contribution in [0.2, 0.25) is 0 Å². The predicted molar refractivity (Wildman–Crippen MR) is 98.0 cm³/mol. The van der Waals surface area contributed by atoms with Gasteiger partial charge in [-0.05, 0) is 19.4 Å². The molecular formula is C22H19NO2. The molecule has 1 aliphatic heterocycles. The Kier molecular flexibility index (Phi) is 3.46. The minimum absolute atomic E-state index is 0.00788. The summed E-state index contributed by atoms with van der Waals surface area (Å²) in [6.07, 6.45) is 0. The van der Waals surface area contributed by atoms with E-state index in [1.165, 1.54) is 0 Å². The molecule has 1 atom stereocenters. The number of carbonyl (C=O) groups excluding carboxylic acids is 2. The molecule has 1 heterocycles. The van der Waals surface area contributed by atoms with Gasteiger partial charge < -0.3 is 4.90 Å². The molecular weight excluding hydrogens is 310 g/mol. The normalized spacial score (nSPS) is 19.2. The van der Waals surface area contributed by atoms with E-state index in [9.17, 15) is 9.59 Å². The number of ketones is 2. The van der Waals surface area contributed by atoms with Crippen molar-refractivity contribution in [1.29, 1.82) is 0 Å². The zero-order chi connectivity index (χ0) is 17.7. The van der Waals surface area contributed by atoms with Crippen LogP contribution in [0.1, 0.15) is 41.3 Å². The Morgan fingerprint density at radius 2 is 1.56 bits per heavy atom. The summed E-state index contributed by atoms with van der Waals surface area (Å²) < 4.78 is 0. The molecule has 0 aromatic heterocycles. The summed E-state index contributed by atoms with van der Waals surface area (Å²) in [6.45, 7) is 3.54. The van der Waals surface area contributed by atoms with Gasteiger partial charge in [0.2, 0.25) is 0 Å². The highest BCUT2D eigenvalue weighted by Crippen LogP contribution is 2.49. The van der Waals surface area contributed by atoms with Crippen LogP contribution in [0.25, 0.3) is 5.70 Å². The first-order valence-electron chi connectivity index (χ1n) is 8.41. The first-order valence-corrected chi connectivity index (χ1v) is 8.41. The van der Waals surface area contributed by atoms with Gasteiger partial charge in [-0.1, -0.05) is 54.6 Å². The fourth-order valence-electron chi connectivity index (χ4n) is 4.05. The predicted octanol–water partition coefficient (Wildman–Crippen LogP) is 4.19. The number of fused-ring (bicyclic) bond motifs is 2. The third-order valence-electron chi connectivity index (χ3n) is 5.24. The van der Waals surface area contributed by atoms with E-state index in [1.54, 1.807) is 6.92 Å². The minimum atomic E-state index is -0.315. The zero-order valence-corrected chi connectivity index (χ0v) is 14.5. The standard InChI is InChI=1S/C22H19NO2/c1-13-18(14(2)24)19(15-9-5-4-6-10-15)20-21(23(13)3)16-11-7-8-12-17(16)22(20)25/h4-12,19H,1-3H3/t19-/m1/s1. The van der Waals surface area contributed by atoms with Gasteiger partial charge in [0.15, 0.2) is 11.6 Å². The number of hydrogen-bond donors (Lipinski definition) is 0. The van der Waals surface area contributed by atoms with Crippen molar-refractivity contribution < 1.29 is 9.59 Å². The molecule has 0 unspecified atom stereocenters. The lowest BCUT2D eigenvalue weighted by Crippen LogP contribution is -2.29. The largest absolute Gasteiger partial charge is 0.347 e. The molecule has 0 N–H and O–H groups in total.